The Morgan fingerprint density at radius 1 is 1.28 bits per heavy atom. The van der Waals surface area contributed by atoms with Gasteiger partial charge in [-0.3, -0.25) is 9.48 Å². The number of halogens is 4. The van der Waals surface area contributed by atoms with Crippen LogP contribution in [0.1, 0.15) is 18.4 Å². The number of anilines is 1. The van der Waals surface area contributed by atoms with Crippen LogP contribution < -0.4 is 10.6 Å². The molecule has 1 amide bonds. The van der Waals surface area contributed by atoms with Crippen LogP contribution in [0.25, 0.3) is 0 Å². The minimum atomic E-state index is -4.62. The van der Waals surface area contributed by atoms with Gasteiger partial charge in [-0.2, -0.15) is 18.3 Å². The van der Waals surface area contributed by atoms with Gasteiger partial charge in [-0.1, -0.05) is 0 Å². The zero-order valence-corrected chi connectivity index (χ0v) is 13.1. The van der Waals surface area contributed by atoms with Crippen molar-refractivity contribution in [1.82, 2.24) is 15.1 Å². The Kier molecular flexibility index (Phi) is 4.51. The second-order valence-electron chi connectivity index (χ2n) is 5.88. The van der Waals surface area contributed by atoms with Gasteiger partial charge in [0.15, 0.2) is 0 Å². The van der Waals surface area contributed by atoms with Crippen LogP contribution in [0, 0.1) is 5.82 Å². The van der Waals surface area contributed by atoms with Crippen LogP contribution >= 0.6 is 0 Å². The van der Waals surface area contributed by atoms with Crippen molar-refractivity contribution >= 4 is 11.6 Å². The SMILES string of the molecule is O=C(Nc1cc(C(F)(F)F)ccc1F)C1(n2cccn2)CCNCC1. The number of benzene rings is 1. The third-order valence-corrected chi connectivity index (χ3v) is 4.34. The maximum Gasteiger partial charge on any atom is 0.416 e. The molecule has 2 aromatic rings. The van der Waals surface area contributed by atoms with Crippen molar-refractivity contribution in [2.75, 3.05) is 18.4 Å². The molecule has 2 heterocycles. The fraction of sp³-hybridized carbons (Fsp3) is 0.375. The standard InChI is InChI=1S/C16H16F4N4O/c17-12-3-2-11(16(18,19)20)10-13(12)23-14(25)15(4-7-21-8-5-15)24-9-1-6-22-24/h1-3,6,9-10,21H,4-5,7-8H2,(H,23,25). The van der Waals surface area contributed by atoms with Crippen molar-refractivity contribution in [2.24, 2.45) is 0 Å². The Labute approximate surface area is 141 Å². The van der Waals surface area contributed by atoms with Crippen molar-refractivity contribution in [3.8, 4) is 0 Å². The smallest absolute Gasteiger partial charge is 0.321 e. The van der Waals surface area contributed by atoms with Crippen LogP contribution in [0.5, 0.6) is 0 Å². The predicted octanol–water partition coefficient (Wildman–Crippen LogP) is 2.76. The summed E-state index contributed by atoms with van der Waals surface area (Å²) in [6.07, 6.45) is -0.709. The molecule has 0 spiro atoms. The van der Waals surface area contributed by atoms with Crippen molar-refractivity contribution in [2.45, 2.75) is 24.6 Å². The summed E-state index contributed by atoms with van der Waals surface area (Å²) in [4.78, 5) is 12.9. The molecular weight excluding hydrogens is 340 g/mol. The Balaban J connectivity index is 1.92. The number of hydrogen-bond donors (Lipinski definition) is 2. The third-order valence-electron chi connectivity index (χ3n) is 4.34. The fourth-order valence-electron chi connectivity index (χ4n) is 2.96. The first kappa shape index (κ1) is 17.4. The molecule has 0 aliphatic carbocycles. The topological polar surface area (TPSA) is 59.0 Å². The molecule has 3 rings (SSSR count). The van der Waals surface area contributed by atoms with Crippen molar-refractivity contribution in [3.05, 3.63) is 48.0 Å². The lowest BCUT2D eigenvalue weighted by Gasteiger charge is -2.36. The molecular formula is C16H16F4N4O. The summed E-state index contributed by atoms with van der Waals surface area (Å²) in [5, 5.41) is 9.54. The molecule has 0 bridgehead atoms. The molecule has 0 radical (unpaired) electrons. The number of piperidine rings is 1. The third kappa shape index (κ3) is 3.37. The molecule has 5 nitrogen and oxygen atoms in total. The molecule has 2 N–H and O–H groups in total. The number of hydrogen-bond acceptors (Lipinski definition) is 3. The van der Waals surface area contributed by atoms with E-state index >= 15 is 0 Å². The maximum absolute atomic E-state index is 13.9. The van der Waals surface area contributed by atoms with Crippen molar-refractivity contribution in [3.63, 3.8) is 0 Å². The number of carbonyl (C=O) groups excluding carboxylic acids is 1. The Hall–Kier alpha value is -2.42. The van der Waals surface area contributed by atoms with Gasteiger partial charge in [0, 0.05) is 12.4 Å². The van der Waals surface area contributed by atoms with Gasteiger partial charge in [0.05, 0.1) is 11.3 Å². The molecule has 9 heteroatoms. The fourth-order valence-corrected chi connectivity index (χ4v) is 2.96. The molecule has 1 saturated heterocycles. The largest absolute Gasteiger partial charge is 0.416 e. The van der Waals surface area contributed by atoms with Crippen molar-refractivity contribution in [1.29, 1.82) is 0 Å². The van der Waals surface area contributed by atoms with E-state index in [2.05, 4.69) is 15.7 Å². The molecule has 0 saturated carbocycles. The Morgan fingerprint density at radius 3 is 2.60 bits per heavy atom. The van der Waals surface area contributed by atoms with E-state index in [-0.39, 0.29) is 0 Å². The second-order valence-corrected chi connectivity index (χ2v) is 5.88. The normalized spacial score (nSPS) is 17.3. The number of nitrogens with zero attached hydrogens (tertiary/aromatic N) is 2. The number of nitrogens with one attached hydrogen (secondary N) is 2. The van der Waals surface area contributed by atoms with E-state index in [1.54, 1.807) is 12.3 Å². The summed E-state index contributed by atoms with van der Waals surface area (Å²) in [5.74, 6) is -1.51. The average molecular weight is 356 g/mol. The molecule has 1 aromatic carbocycles. The summed E-state index contributed by atoms with van der Waals surface area (Å²) in [6, 6.07) is 3.59. The van der Waals surface area contributed by atoms with Crippen LogP contribution in [0.4, 0.5) is 23.2 Å². The zero-order valence-electron chi connectivity index (χ0n) is 13.1. The molecule has 1 aliphatic heterocycles. The van der Waals surface area contributed by atoms with Gasteiger partial charge in [0.1, 0.15) is 11.4 Å². The lowest BCUT2D eigenvalue weighted by Crippen LogP contribution is -2.52. The molecule has 1 aromatic heterocycles. The highest BCUT2D eigenvalue weighted by Gasteiger charge is 2.42. The lowest BCUT2D eigenvalue weighted by molar-refractivity contribution is -0.137. The van der Waals surface area contributed by atoms with E-state index in [1.165, 1.54) is 10.9 Å². The van der Waals surface area contributed by atoms with Gasteiger partial charge in [-0.25, -0.2) is 4.39 Å². The molecule has 134 valence electrons. The minimum absolute atomic E-state index is 0.390. The number of alkyl halides is 3. The van der Waals surface area contributed by atoms with Crippen LogP contribution in [0.2, 0.25) is 0 Å². The zero-order chi connectivity index (χ0) is 18.1. The summed E-state index contributed by atoms with van der Waals surface area (Å²) >= 11 is 0. The van der Waals surface area contributed by atoms with Crippen LogP contribution in [0.15, 0.2) is 36.7 Å². The monoisotopic (exact) mass is 356 g/mol. The first-order valence-corrected chi connectivity index (χ1v) is 7.72. The number of carbonyl (C=O) groups is 1. The van der Waals surface area contributed by atoms with Gasteiger partial charge in [-0.05, 0) is 50.2 Å². The lowest BCUT2D eigenvalue weighted by atomic mass is 9.87. The molecule has 1 fully saturated rings. The maximum atomic E-state index is 13.9. The Bertz CT molecular complexity index is 752. The highest BCUT2D eigenvalue weighted by Crippen LogP contribution is 2.33. The van der Waals surface area contributed by atoms with Gasteiger partial charge < -0.3 is 10.6 Å². The molecule has 0 atom stereocenters. The highest BCUT2D eigenvalue weighted by atomic mass is 19.4. The van der Waals surface area contributed by atoms with E-state index in [0.717, 1.165) is 0 Å². The number of rotatable bonds is 3. The first-order valence-electron chi connectivity index (χ1n) is 7.72. The first-order chi connectivity index (χ1) is 11.8. The summed E-state index contributed by atoms with van der Waals surface area (Å²) in [7, 11) is 0. The quantitative estimate of drug-likeness (QED) is 0.832. The Morgan fingerprint density at radius 2 is 2.00 bits per heavy atom. The van der Waals surface area contributed by atoms with Gasteiger partial charge >= 0.3 is 6.18 Å². The van der Waals surface area contributed by atoms with Gasteiger partial charge in [0.2, 0.25) is 0 Å². The number of amides is 1. The minimum Gasteiger partial charge on any atom is -0.321 e. The van der Waals surface area contributed by atoms with Crippen LogP contribution in [-0.2, 0) is 16.5 Å². The number of aromatic nitrogens is 2. The van der Waals surface area contributed by atoms with Crippen LogP contribution in [0.3, 0.4) is 0 Å². The second kappa shape index (κ2) is 6.47. The molecule has 25 heavy (non-hydrogen) atoms. The van der Waals surface area contributed by atoms with Crippen molar-refractivity contribution < 1.29 is 22.4 Å². The van der Waals surface area contributed by atoms with Crippen LogP contribution in [-0.4, -0.2) is 28.8 Å². The van der Waals surface area contributed by atoms with E-state index in [1.807, 2.05) is 0 Å². The average Bonchev–Trinajstić information content (AvgIpc) is 3.11. The van der Waals surface area contributed by atoms with E-state index in [0.29, 0.717) is 44.1 Å². The summed E-state index contributed by atoms with van der Waals surface area (Å²) in [6.45, 7) is 1.08. The van der Waals surface area contributed by atoms with E-state index < -0.39 is 34.7 Å². The van der Waals surface area contributed by atoms with E-state index in [9.17, 15) is 22.4 Å². The summed E-state index contributed by atoms with van der Waals surface area (Å²) < 4.78 is 53.9. The highest BCUT2D eigenvalue weighted by molar-refractivity contribution is 5.97. The summed E-state index contributed by atoms with van der Waals surface area (Å²) in [5.41, 5.74) is -2.59. The van der Waals surface area contributed by atoms with Gasteiger partial charge in [-0.15, -0.1) is 0 Å². The molecule has 0 unspecified atom stereocenters. The van der Waals surface area contributed by atoms with Gasteiger partial charge in [0.25, 0.3) is 5.91 Å². The predicted molar refractivity (Wildman–Crippen MR) is 82.3 cm³/mol. The van der Waals surface area contributed by atoms with E-state index in [4.69, 9.17) is 0 Å². The molecule has 1 aliphatic rings.